The summed E-state index contributed by atoms with van der Waals surface area (Å²) in [6, 6.07) is 26.2. The predicted molar refractivity (Wildman–Crippen MR) is 125 cm³/mol. The Morgan fingerprint density at radius 1 is 0.700 bits per heavy atom. The van der Waals surface area contributed by atoms with Crippen molar-refractivity contribution in [3.05, 3.63) is 90.1 Å². The summed E-state index contributed by atoms with van der Waals surface area (Å²) in [5, 5.41) is 7.33. The lowest BCUT2D eigenvalue weighted by Gasteiger charge is -2.06. The number of pyridine rings is 1. The van der Waals surface area contributed by atoms with E-state index >= 15 is 0 Å². The first-order valence-electron chi connectivity index (χ1n) is 10.3. The maximum atomic E-state index is 6.56. The molecule has 2 heterocycles. The molecule has 0 radical (unpaired) electrons. The van der Waals surface area contributed by atoms with Crippen LogP contribution >= 0.6 is 0 Å². The molecule has 144 valence electrons. The molecule has 0 atom stereocenters. The van der Waals surface area contributed by atoms with Crippen LogP contribution in [-0.4, -0.2) is 0 Å². The second kappa shape index (κ2) is 6.17. The van der Waals surface area contributed by atoms with Crippen molar-refractivity contribution >= 4 is 43.5 Å². The minimum atomic E-state index is 0.941. The summed E-state index contributed by atoms with van der Waals surface area (Å²) in [6.45, 7) is 4.30. The van der Waals surface area contributed by atoms with E-state index in [0.29, 0.717) is 0 Å². The number of rotatable bonds is 1. The molecule has 0 saturated carbocycles. The number of hydrogen-bond acceptors (Lipinski definition) is 1. The first kappa shape index (κ1) is 17.2. The zero-order valence-electron chi connectivity index (χ0n) is 17.4. The second-order valence-corrected chi connectivity index (χ2v) is 8.29. The Morgan fingerprint density at radius 2 is 1.53 bits per heavy atom. The highest BCUT2D eigenvalue weighted by molar-refractivity contribution is 6.17. The maximum Gasteiger partial charge on any atom is 0.216 e. The van der Waals surface area contributed by atoms with Gasteiger partial charge in [-0.2, -0.15) is 0 Å². The Balaban J connectivity index is 1.75. The lowest BCUT2D eigenvalue weighted by atomic mass is 9.98. The zero-order chi connectivity index (χ0) is 20.4. The molecule has 6 rings (SSSR count). The highest BCUT2D eigenvalue weighted by Gasteiger charge is 2.21. The smallest absolute Gasteiger partial charge is 0.216 e. The van der Waals surface area contributed by atoms with Gasteiger partial charge in [0.25, 0.3) is 0 Å². The van der Waals surface area contributed by atoms with Gasteiger partial charge in [0.15, 0.2) is 6.20 Å². The van der Waals surface area contributed by atoms with Crippen LogP contribution in [0.15, 0.2) is 83.4 Å². The van der Waals surface area contributed by atoms with Gasteiger partial charge in [0.05, 0.1) is 5.56 Å². The van der Waals surface area contributed by atoms with E-state index in [0.717, 1.165) is 11.2 Å². The number of aromatic nitrogens is 1. The lowest BCUT2D eigenvalue weighted by molar-refractivity contribution is -0.660. The second-order valence-electron chi connectivity index (χ2n) is 8.29. The van der Waals surface area contributed by atoms with Crippen molar-refractivity contribution in [2.45, 2.75) is 13.8 Å². The molecule has 2 aromatic heterocycles. The van der Waals surface area contributed by atoms with Crippen LogP contribution in [0.25, 0.3) is 54.7 Å². The Labute approximate surface area is 175 Å². The third kappa shape index (κ3) is 2.40. The Hall–Kier alpha value is -3.65. The lowest BCUT2D eigenvalue weighted by Crippen LogP contribution is -2.30. The molecule has 0 N–H and O–H groups in total. The monoisotopic (exact) mass is 388 g/mol. The molecule has 0 unspecified atom stereocenters. The van der Waals surface area contributed by atoms with E-state index in [1.165, 1.54) is 54.7 Å². The average molecular weight is 388 g/mol. The van der Waals surface area contributed by atoms with Gasteiger partial charge in [-0.25, -0.2) is 4.57 Å². The molecule has 0 spiro atoms. The number of nitrogens with zero attached hydrogens (tertiary/aromatic N) is 1. The molecule has 0 aliphatic rings. The quantitative estimate of drug-likeness (QED) is 0.219. The van der Waals surface area contributed by atoms with Crippen LogP contribution in [0.2, 0.25) is 0 Å². The summed E-state index contributed by atoms with van der Waals surface area (Å²) in [5.41, 5.74) is 6.71. The van der Waals surface area contributed by atoms with Gasteiger partial charge in [-0.15, -0.1) is 0 Å². The topological polar surface area (TPSA) is 17.0 Å². The van der Waals surface area contributed by atoms with E-state index < -0.39 is 0 Å². The van der Waals surface area contributed by atoms with E-state index in [1.807, 2.05) is 0 Å². The largest absolute Gasteiger partial charge is 0.455 e. The van der Waals surface area contributed by atoms with Gasteiger partial charge in [-0.1, -0.05) is 48.5 Å². The van der Waals surface area contributed by atoms with Crippen LogP contribution in [0.4, 0.5) is 0 Å². The minimum absolute atomic E-state index is 0.941. The third-order valence-electron chi connectivity index (χ3n) is 6.27. The summed E-state index contributed by atoms with van der Waals surface area (Å²) in [6.07, 6.45) is 2.12. The normalized spacial score (nSPS) is 11.8. The molecule has 4 aromatic carbocycles. The molecular weight excluding hydrogens is 366 g/mol. The van der Waals surface area contributed by atoms with Crippen molar-refractivity contribution in [3.63, 3.8) is 0 Å². The van der Waals surface area contributed by atoms with Crippen molar-refractivity contribution < 1.29 is 8.98 Å². The van der Waals surface area contributed by atoms with Crippen molar-refractivity contribution in [2.75, 3.05) is 0 Å². The van der Waals surface area contributed by atoms with Crippen molar-refractivity contribution in [2.24, 2.45) is 7.05 Å². The molecule has 0 aliphatic heterocycles. The summed E-state index contributed by atoms with van der Waals surface area (Å²) in [4.78, 5) is 0. The number of hydrogen-bond donors (Lipinski definition) is 0. The van der Waals surface area contributed by atoms with E-state index in [4.69, 9.17) is 4.42 Å². The molecule has 0 aliphatic carbocycles. The fourth-order valence-corrected chi connectivity index (χ4v) is 4.68. The SMILES string of the molecule is Cc1cc[n+](C)c(-c2c(C)ccc3c2oc2cc4c(ccc5ccccc54)cc23)c1. The van der Waals surface area contributed by atoms with Gasteiger partial charge in [0.1, 0.15) is 18.2 Å². The fraction of sp³-hybridized carbons (Fsp3) is 0.107. The number of aryl methyl sites for hydroxylation is 3. The van der Waals surface area contributed by atoms with Crippen LogP contribution < -0.4 is 4.57 Å². The molecule has 2 heteroatoms. The third-order valence-corrected chi connectivity index (χ3v) is 6.27. The summed E-state index contributed by atoms with van der Waals surface area (Å²) < 4.78 is 8.73. The molecule has 0 fully saturated rings. The van der Waals surface area contributed by atoms with Gasteiger partial charge in [-0.3, -0.25) is 0 Å². The van der Waals surface area contributed by atoms with E-state index in [9.17, 15) is 0 Å². The molecule has 0 amide bonds. The molecule has 0 bridgehead atoms. The highest BCUT2D eigenvalue weighted by atomic mass is 16.3. The summed E-state index contributed by atoms with van der Waals surface area (Å²) in [7, 11) is 2.09. The number of fused-ring (bicyclic) bond motifs is 6. The number of benzene rings is 4. The van der Waals surface area contributed by atoms with Crippen LogP contribution in [0.1, 0.15) is 11.1 Å². The van der Waals surface area contributed by atoms with Crippen molar-refractivity contribution in [3.8, 4) is 11.3 Å². The predicted octanol–water partition coefficient (Wildman–Crippen LogP) is 7.00. The minimum Gasteiger partial charge on any atom is -0.455 e. The average Bonchev–Trinajstić information content (AvgIpc) is 3.11. The fourth-order valence-electron chi connectivity index (χ4n) is 4.68. The Morgan fingerprint density at radius 3 is 2.43 bits per heavy atom. The standard InChI is InChI=1S/C28H22NO/c1-17-12-13-29(3)25(14-17)27-18(2)8-11-22-24-15-20-10-9-19-6-4-5-7-21(19)23(20)16-26(24)30-28(22)27/h4-16H,1-3H3/q+1. The molecular formula is C28H22NO+. The highest BCUT2D eigenvalue weighted by Crippen LogP contribution is 2.39. The van der Waals surface area contributed by atoms with E-state index in [1.54, 1.807) is 0 Å². The van der Waals surface area contributed by atoms with E-state index in [2.05, 4.69) is 104 Å². The molecule has 0 saturated heterocycles. The maximum absolute atomic E-state index is 6.56. The molecule has 6 aromatic rings. The van der Waals surface area contributed by atoms with Crippen LogP contribution in [0.5, 0.6) is 0 Å². The molecule has 30 heavy (non-hydrogen) atoms. The summed E-state index contributed by atoms with van der Waals surface area (Å²) >= 11 is 0. The van der Waals surface area contributed by atoms with E-state index in [-0.39, 0.29) is 0 Å². The van der Waals surface area contributed by atoms with Crippen LogP contribution in [0.3, 0.4) is 0 Å². The van der Waals surface area contributed by atoms with Crippen LogP contribution in [0, 0.1) is 13.8 Å². The summed E-state index contributed by atoms with van der Waals surface area (Å²) in [5.74, 6) is 0. The van der Waals surface area contributed by atoms with Crippen LogP contribution in [-0.2, 0) is 7.05 Å². The molecule has 2 nitrogen and oxygen atoms in total. The Kier molecular flexibility index (Phi) is 3.54. The number of furan rings is 1. The van der Waals surface area contributed by atoms with Gasteiger partial charge in [0.2, 0.25) is 5.69 Å². The zero-order valence-corrected chi connectivity index (χ0v) is 17.4. The Bertz CT molecular complexity index is 1620. The van der Waals surface area contributed by atoms with Gasteiger partial charge in [-0.05, 0) is 58.7 Å². The van der Waals surface area contributed by atoms with Crippen molar-refractivity contribution in [1.82, 2.24) is 0 Å². The van der Waals surface area contributed by atoms with Gasteiger partial charge >= 0.3 is 0 Å². The van der Waals surface area contributed by atoms with Gasteiger partial charge < -0.3 is 4.42 Å². The van der Waals surface area contributed by atoms with Gasteiger partial charge in [0, 0.05) is 22.9 Å². The van der Waals surface area contributed by atoms with Crippen molar-refractivity contribution in [1.29, 1.82) is 0 Å². The first-order chi connectivity index (χ1) is 14.6. The first-order valence-corrected chi connectivity index (χ1v) is 10.3.